The van der Waals surface area contributed by atoms with Crippen molar-refractivity contribution in [2.24, 2.45) is 0 Å². The number of carbonyl (C=O) groups excluding carboxylic acids is 1. The maximum atomic E-state index is 12.6. The minimum atomic E-state index is -0.106. The number of rotatable bonds is 5. The van der Waals surface area contributed by atoms with Crippen LogP contribution in [-0.2, 0) is 0 Å². The van der Waals surface area contributed by atoms with Crippen LogP contribution in [0, 0.1) is 0 Å². The number of nitrogens with zero attached hydrogens (tertiary/aromatic N) is 1. The number of fused-ring (bicyclic) bond motifs is 1. The molecule has 136 valence electrons. The van der Waals surface area contributed by atoms with Crippen molar-refractivity contribution in [3.8, 4) is 11.5 Å². The van der Waals surface area contributed by atoms with E-state index in [9.17, 15) is 4.79 Å². The molecule has 1 fully saturated rings. The molecule has 1 saturated carbocycles. The van der Waals surface area contributed by atoms with Gasteiger partial charge in [-0.15, -0.1) is 11.3 Å². The second-order valence-corrected chi connectivity index (χ2v) is 7.68. The molecule has 5 nitrogen and oxygen atoms in total. The minimum Gasteiger partial charge on any atom is -0.493 e. The molecule has 0 radical (unpaired) electrons. The lowest BCUT2D eigenvalue weighted by molar-refractivity contribution is 0.103. The number of hydrogen-bond donors (Lipinski definition) is 1. The zero-order valence-corrected chi connectivity index (χ0v) is 15.8. The van der Waals surface area contributed by atoms with Gasteiger partial charge in [0.1, 0.15) is 0 Å². The SMILES string of the molecule is COc1ccc(NC(=O)c2cc3cn(C4CCCC4)cc3s2)cc1OC. The number of benzene rings is 1. The average Bonchev–Trinajstić information content (AvgIpc) is 3.36. The van der Waals surface area contributed by atoms with Crippen LogP contribution in [0.3, 0.4) is 0 Å². The van der Waals surface area contributed by atoms with Gasteiger partial charge in [0, 0.05) is 35.6 Å². The van der Waals surface area contributed by atoms with Gasteiger partial charge in [-0.05, 0) is 31.0 Å². The number of nitrogens with one attached hydrogen (secondary N) is 1. The third kappa shape index (κ3) is 3.17. The summed E-state index contributed by atoms with van der Waals surface area (Å²) in [5, 5.41) is 4.07. The van der Waals surface area contributed by atoms with Crippen molar-refractivity contribution < 1.29 is 14.3 Å². The molecule has 2 aromatic heterocycles. The van der Waals surface area contributed by atoms with Gasteiger partial charge in [0.15, 0.2) is 11.5 Å². The molecule has 0 bridgehead atoms. The Balaban J connectivity index is 1.51. The first-order valence-corrected chi connectivity index (χ1v) is 9.64. The van der Waals surface area contributed by atoms with Gasteiger partial charge in [-0.2, -0.15) is 0 Å². The molecule has 1 aliphatic carbocycles. The van der Waals surface area contributed by atoms with E-state index in [2.05, 4.69) is 22.3 Å². The van der Waals surface area contributed by atoms with Gasteiger partial charge < -0.3 is 19.4 Å². The second kappa shape index (κ2) is 7.03. The number of methoxy groups -OCH3 is 2. The largest absolute Gasteiger partial charge is 0.493 e. The van der Waals surface area contributed by atoms with Crippen LogP contribution in [0.5, 0.6) is 11.5 Å². The Labute approximate surface area is 156 Å². The van der Waals surface area contributed by atoms with Crippen molar-refractivity contribution in [2.45, 2.75) is 31.7 Å². The fourth-order valence-corrected chi connectivity index (χ4v) is 4.56. The molecule has 0 aliphatic heterocycles. The summed E-state index contributed by atoms with van der Waals surface area (Å²) in [5.74, 6) is 1.12. The van der Waals surface area contributed by atoms with Crippen molar-refractivity contribution in [1.82, 2.24) is 4.57 Å². The number of aromatic nitrogens is 1. The first kappa shape index (κ1) is 17.0. The number of anilines is 1. The Morgan fingerprint density at radius 2 is 1.88 bits per heavy atom. The first-order chi connectivity index (χ1) is 12.7. The standard InChI is InChI=1S/C20H22N2O3S/c1-24-16-8-7-14(10-17(16)25-2)21-20(23)18-9-13-11-22(12-19(13)26-18)15-5-3-4-6-15/h7-12,15H,3-6H2,1-2H3,(H,21,23). The van der Waals surface area contributed by atoms with E-state index in [0.29, 0.717) is 28.1 Å². The van der Waals surface area contributed by atoms with Crippen molar-refractivity contribution >= 4 is 33.0 Å². The van der Waals surface area contributed by atoms with Gasteiger partial charge in [-0.25, -0.2) is 0 Å². The lowest BCUT2D eigenvalue weighted by Crippen LogP contribution is -2.10. The maximum absolute atomic E-state index is 12.6. The molecule has 1 N–H and O–H groups in total. The van der Waals surface area contributed by atoms with E-state index in [1.54, 1.807) is 32.4 Å². The molecule has 2 heterocycles. The van der Waals surface area contributed by atoms with Gasteiger partial charge in [-0.1, -0.05) is 12.8 Å². The van der Waals surface area contributed by atoms with E-state index in [1.165, 1.54) is 37.0 Å². The monoisotopic (exact) mass is 370 g/mol. The Bertz CT molecular complexity index is 906. The first-order valence-electron chi connectivity index (χ1n) is 8.82. The average molecular weight is 370 g/mol. The third-order valence-electron chi connectivity index (χ3n) is 4.96. The number of ether oxygens (including phenoxy) is 2. The highest BCUT2D eigenvalue weighted by molar-refractivity contribution is 7.20. The fourth-order valence-electron chi connectivity index (χ4n) is 3.59. The highest BCUT2D eigenvalue weighted by Crippen LogP contribution is 2.35. The Hall–Kier alpha value is -2.47. The molecular weight excluding hydrogens is 348 g/mol. The van der Waals surface area contributed by atoms with Crippen LogP contribution in [0.4, 0.5) is 5.69 Å². The van der Waals surface area contributed by atoms with Gasteiger partial charge in [0.2, 0.25) is 0 Å². The summed E-state index contributed by atoms with van der Waals surface area (Å²) in [5.41, 5.74) is 0.682. The molecule has 0 spiro atoms. The van der Waals surface area contributed by atoms with Crippen LogP contribution in [0.1, 0.15) is 41.4 Å². The van der Waals surface area contributed by atoms with E-state index in [1.807, 2.05) is 6.07 Å². The van der Waals surface area contributed by atoms with E-state index < -0.39 is 0 Å². The van der Waals surface area contributed by atoms with E-state index in [0.717, 1.165) is 10.1 Å². The molecule has 26 heavy (non-hydrogen) atoms. The Morgan fingerprint density at radius 3 is 2.58 bits per heavy atom. The molecule has 1 aromatic carbocycles. The summed E-state index contributed by atoms with van der Waals surface area (Å²) < 4.78 is 14.0. The quantitative estimate of drug-likeness (QED) is 0.681. The zero-order valence-electron chi connectivity index (χ0n) is 15.0. The van der Waals surface area contributed by atoms with Crippen LogP contribution in [-0.4, -0.2) is 24.7 Å². The van der Waals surface area contributed by atoms with Gasteiger partial charge in [-0.3, -0.25) is 4.79 Å². The van der Waals surface area contributed by atoms with Crippen LogP contribution in [0.2, 0.25) is 0 Å². The summed E-state index contributed by atoms with van der Waals surface area (Å²) in [6.07, 6.45) is 9.51. The Morgan fingerprint density at radius 1 is 1.12 bits per heavy atom. The number of amides is 1. The van der Waals surface area contributed by atoms with Crippen LogP contribution in [0.25, 0.3) is 10.1 Å². The molecule has 3 aromatic rings. The van der Waals surface area contributed by atoms with Gasteiger partial charge in [0.05, 0.1) is 23.8 Å². The van der Waals surface area contributed by atoms with Crippen LogP contribution >= 0.6 is 11.3 Å². The van der Waals surface area contributed by atoms with Crippen molar-refractivity contribution in [2.75, 3.05) is 19.5 Å². The van der Waals surface area contributed by atoms with Gasteiger partial charge in [0.25, 0.3) is 5.91 Å². The molecule has 0 saturated heterocycles. The van der Waals surface area contributed by atoms with Crippen molar-refractivity contribution in [1.29, 1.82) is 0 Å². The number of hydrogen-bond acceptors (Lipinski definition) is 4. The summed E-state index contributed by atoms with van der Waals surface area (Å²) in [4.78, 5) is 13.3. The predicted octanol–water partition coefficient (Wildman–Crippen LogP) is 5.09. The molecular formula is C20H22N2O3S. The molecule has 0 unspecified atom stereocenters. The summed E-state index contributed by atoms with van der Waals surface area (Å²) in [6.45, 7) is 0. The summed E-state index contributed by atoms with van der Waals surface area (Å²) in [6, 6.07) is 7.95. The lowest BCUT2D eigenvalue weighted by atomic mass is 10.2. The molecule has 6 heteroatoms. The molecule has 0 atom stereocenters. The third-order valence-corrected chi connectivity index (χ3v) is 6.04. The molecule has 1 amide bonds. The Kier molecular flexibility index (Phi) is 4.59. The lowest BCUT2D eigenvalue weighted by Gasteiger charge is -2.10. The number of carbonyl (C=O) groups is 1. The summed E-state index contributed by atoms with van der Waals surface area (Å²) >= 11 is 1.53. The second-order valence-electron chi connectivity index (χ2n) is 6.60. The topological polar surface area (TPSA) is 52.5 Å². The van der Waals surface area contributed by atoms with E-state index in [-0.39, 0.29) is 5.91 Å². The molecule has 4 rings (SSSR count). The zero-order chi connectivity index (χ0) is 18.1. The van der Waals surface area contributed by atoms with E-state index in [4.69, 9.17) is 9.47 Å². The highest BCUT2D eigenvalue weighted by Gasteiger charge is 2.19. The van der Waals surface area contributed by atoms with Crippen molar-refractivity contribution in [3.63, 3.8) is 0 Å². The smallest absolute Gasteiger partial charge is 0.265 e. The number of thiophene rings is 1. The normalized spacial score (nSPS) is 14.7. The maximum Gasteiger partial charge on any atom is 0.265 e. The van der Waals surface area contributed by atoms with Crippen molar-refractivity contribution in [3.05, 3.63) is 41.5 Å². The van der Waals surface area contributed by atoms with Gasteiger partial charge >= 0.3 is 0 Å². The predicted molar refractivity (Wildman–Crippen MR) is 105 cm³/mol. The van der Waals surface area contributed by atoms with Crippen LogP contribution in [0.15, 0.2) is 36.7 Å². The van der Waals surface area contributed by atoms with Crippen LogP contribution < -0.4 is 14.8 Å². The summed E-state index contributed by atoms with van der Waals surface area (Å²) in [7, 11) is 3.17. The molecule has 1 aliphatic rings. The van der Waals surface area contributed by atoms with E-state index >= 15 is 0 Å². The minimum absolute atomic E-state index is 0.106. The highest BCUT2D eigenvalue weighted by atomic mass is 32.1. The fraction of sp³-hybridized carbons (Fsp3) is 0.350.